The highest BCUT2D eigenvalue weighted by atomic mass is 18.1. The summed E-state index contributed by atoms with van der Waals surface area (Å²) >= 11 is 0. The van der Waals surface area contributed by atoms with Crippen molar-refractivity contribution in [2.24, 2.45) is 0 Å². The molecule has 1 unspecified atom stereocenters. The third-order valence-corrected chi connectivity index (χ3v) is 2.88. The van der Waals surface area contributed by atoms with Crippen molar-refractivity contribution in [3.05, 3.63) is 71.8 Å². The van der Waals surface area contributed by atoms with Crippen molar-refractivity contribution in [1.29, 1.82) is 0 Å². The number of carbonyl (C=O) groups is 1. The molecule has 2 aromatic carbocycles. The standard InChI is InChI=1S/C16H17NO/c1-13(15-10-6-3-7-11-15)17-16(18)12-14-8-4-2-5-9-14/h2-11,13H,12H2,1H3,(H,17,18)/i18+2. The van der Waals surface area contributed by atoms with E-state index >= 15 is 0 Å². The van der Waals surface area contributed by atoms with Gasteiger partial charge in [0.05, 0.1) is 12.5 Å². The molecule has 2 aromatic rings. The number of hydrogen-bond acceptors (Lipinski definition) is 1. The van der Waals surface area contributed by atoms with Gasteiger partial charge < -0.3 is 5.32 Å². The van der Waals surface area contributed by atoms with Gasteiger partial charge in [0, 0.05) is 0 Å². The maximum atomic E-state index is 11.9. The highest BCUT2D eigenvalue weighted by Crippen LogP contribution is 2.11. The second-order valence-electron chi connectivity index (χ2n) is 4.36. The molecule has 2 heteroatoms. The molecule has 0 radical (unpaired) electrons. The highest BCUT2D eigenvalue weighted by molar-refractivity contribution is 5.78. The number of benzene rings is 2. The van der Waals surface area contributed by atoms with Gasteiger partial charge in [-0.1, -0.05) is 60.7 Å². The lowest BCUT2D eigenvalue weighted by Gasteiger charge is -2.14. The normalized spacial score (nSPS) is 11.8. The van der Waals surface area contributed by atoms with Crippen LogP contribution >= 0.6 is 0 Å². The smallest absolute Gasteiger partial charge is 0.224 e. The van der Waals surface area contributed by atoms with Gasteiger partial charge in [-0.05, 0) is 18.1 Å². The fourth-order valence-electron chi connectivity index (χ4n) is 1.90. The zero-order valence-electron chi connectivity index (χ0n) is 10.5. The summed E-state index contributed by atoms with van der Waals surface area (Å²) in [6.45, 7) is 2.00. The summed E-state index contributed by atoms with van der Waals surface area (Å²) in [6, 6.07) is 19.8. The molecule has 1 amide bonds. The molecule has 0 saturated heterocycles. The van der Waals surface area contributed by atoms with Crippen molar-refractivity contribution in [3.8, 4) is 0 Å². The van der Waals surface area contributed by atoms with Gasteiger partial charge in [-0.25, -0.2) is 0 Å². The topological polar surface area (TPSA) is 29.1 Å². The molecule has 0 saturated carbocycles. The van der Waals surface area contributed by atoms with Crippen molar-refractivity contribution in [2.45, 2.75) is 19.4 Å². The van der Waals surface area contributed by atoms with Crippen LogP contribution in [0.2, 0.25) is 0 Å². The SMILES string of the molecule is CC(NC(=[18O])Cc1ccccc1)c1ccccc1. The van der Waals surface area contributed by atoms with E-state index in [0.717, 1.165) is 11.1 Å². The fraction of sp³-hybridized carbons (Fsp3) is 0.188. The van der Waals surface area contributed by atoms with E-state index in [1.165, 1.54) is 0 Å². The van der Waals surface area contributed by atoms with Crippen LogP contribution in [-0.4, -0.2) is 5.91 Å². The summed E-state index contributed by atoms with van der Waals surface area (Å²) in [6.07, 6.45) is 0.429. The first-order valence-electron chi connectivity index (χ1n) is 6.14. The second kappa shape index (κ2) is 6.01. The molecule has 1 atom stereocenters. The molecule has 0 aliphatic rings. The number of rotatable bonds is 4. The van der Waals surface area contributed by atoms with E-state index in [1.807, 2.05) is 67.6 Å². The van der Waals surface area contributed by atoms with Crippen LogP contribution in [0.15, 0.2) is 60.7 Å². The summed E-state index contributed by atoms with van der Waals surface area (Å²) in [7, 11) is 0. The summed E-state index contributed by atoms with van der Waals surface area (Å²) in [4.78, 5) is 11.9. The van der Waals surface area contributed by atoms with Gasteiger partial charge in [-0.3, -0.25) is 4.79 Å². The molecule has 18 heavy (non-hydrogen) atoms. The van der Waals surface area contributed by atoms with Crippen LogP contribution in [0.5, 0.6) is 0 Å². The first kappa shape index (κ1) is 12.4. The van der Waals surface area contributed by atoms with Gasteiger partial charge in [0.25, 0.3) is 0 Å². The molecule has 92 valence electrons. The van der Waals surface area contributed by atoms with Gasteiger partial charge in [0.15, 0.2) is 0 Å². The van der Waals surface area contributed by atoms with Crippen LogP contribution < -0.4 is 5.32 Å². The van der Waals surface area contributed by atoms with Crippen LogP contribution in [0.25, 0.3) is 0 Å². The van der Waals surface area contributed by atoms with Crippen LogP contribution in [0, 0.1) is 0 Å². The molecule has 0 spiro atoms. The predicted molar refractivity (Wildman–Crippen MR) is 73.1 cm³/mol. The third-order valence-electron chi connectivity index (χ3n) is 2.88. The monoisotopic (exact) mass is 241 g/mol. The largest absolute Gasteiger partial charge is 0.349 e. The Bertz CT molecular complexity index is 493. The molecule has 0 aromatic heterocycles. The van der Waals surface area contributed by atoms with E-state index in [0.29, 0.717) is 6.42 Å². The Morgan fingerprint density at radius 1 is 1.00 bits per heavy atom. The highest BCUT2D eigenvalue weighted by Gasteiger charge is 2.09. The minimum absolute atomic E-state index is 0.0439. The van der Waals surface area contributed by atoms with Crippen molar-refractivity contribution in [2.75, 3.05) is 0 Å². The van der Waals surface area contributed by atoms with E-state index in [-0.39, 0.29) is 11.9 Å². The Hall–Kier alpha value is -2.09. The first-order valence-corrected chi connectivity index (χ1v) is 6.14. The molecule has 0 fully saturated rings. The summed E-state index contributed by atoms with van der Waals surface area (Å²) in [5.41, 5.74) is 2.16. The summed E-state index contributed by atoms with van der Waals surface area (Å²) in [5, 5.41) is 3.01. The molecule has 0 bridgehead atoms. The number of hydrogen-bond donors (Lipinski definition) is 1. The van der Waals surface area contributed by atoms with Gasteiger partial charge in [0.1, 0.15) is 0 Å². The van der Waals surface area contributed by atoms with Gasteiger partial charge in [-0.15, -0.1) is 0 Å². The van der Waals surface area contributed by atoms with Gasteiger partial charge >= 0.3 is 0 Å². The van der Waals surface area contributed by atoms with Crippen LogP contribution in [0.3, 0.4) is 0 Å². The van der Waals surface area contributed by atoms with Crippen molar-refractivity contribution >= 4 is 5.91 Å². The Morgan fingerprint density at radius 3 is 2.17 bits per heavy atom. The van der Waals surface area contributed by atoms with E-state index < -0.39 is 0 Å². The lowest BCUT2D eigenvalue weighted by molar-refractivity contribution is -0.121. The number of carbonyl (C=O) groups excluding carboxylic acids is 1. The third kappa shape index (κ3) is 3.45. The van der Waals surface area contributed by atoms with Crippen LogP contribution in [0.4, 0.5) is 0 Å². The average molecular weight is 241 g/mol. The van der Waals surface area contributed by atoms with Crippen molar-refractivity contribution in [3.63, 3.8) is 0 Å². The quantitative estimate of drug-likeness (QED) is 0.819. The maximum Gasteiger partial charge on any atom is 0.224 e. The zero-order valence-corrected chi connectivity index (χ0v) is 10.5. The maximum absolute atomic E-state index is 11.9. The molecule has 2 rings (SSSR count). The minimum Gasteiger partial charge on any atom is -0.349 e. The van der Waals surface area contributed by atoms with E-state index in [4.69, 9.17) is 0 Å². The van der Waals surface area contributed by atoms with E-state index in [2.05, 4.69) is 5.32 Å². The molecular weight excluding hydrogens is 224 g/mol. The number of nitrogens with one attached hydrogen (secondary N) is 1. The Kier molecular flexibility index (Phi) is 4.13. The lowest BCUT2D eigenvalue weighted by atomic mass is 10.1. The summed E-state index contributed by atoms with van der Waals surface area (Å²) in [5.74, 6) is 0.0533. The van der Waals surface area contributed by atoms with Gasteiger partial charge in [-0.2, -0.15) is 0 Å². The molecule has 0 heterocycles. The zero-order chi connectivity index (χ0) is 12.8. The predicted octanol–water partition coefficient (Wildman–Crippen LogP) is 3.11. The molecular formula is C16H17NO. The van der Waals surface area contributed by atoms with Crippen LogP contribution in [-0.2, 0) is 11.2 Å². The first-order chi connectivity index (χ1) is 8.75. The van der Waals surface area contributed by atoms with Crippen LogP contribution in [0.1, 0.15) is 24.1 Å². The Labute approximate surface area is 108 Å². The molecule has 0 aliphatic carbocycles. The minimum atomic E-state index is 0.0439. The average Bonchev–Trinajstić information content (AvgIpc) is 2.40. The van der Waals surface area contributed by atoms with E-state index in [9.17, 15) is 4.79 Å². The fourth-order valence-corrected chi connectivity index (χ4v) is 1.90. The number of amides is 1. The molecule has 0 aliphatic heterocycles. The molecule has 2 nitrogen and oxygen atoms in total. The van der Waals surface area contributed by atoms with E-state index in [1.54, 1.807) is 0 Å². The summed E-state index contributed by atoms with van der Waals surface area (Å²) < 4.78 is 0. The van der Waals surface area contributed by atoms with Crippen molar-refractivity contribution < 1.29 is 4.79 Å². The molecule has 1 N–H and O–H groups in total. The van der Waals surface area contributed by atoms with Crippen molar-refractivity contribution in [1.82, 2.24) is 5.32 Å². The van der Waals surface area contributed by atoms with Gasteiger partial charge in [0.2, 0.25) is 5.91 Å². The second-order valence-corrected chi connectivity index (χ2v) is 4.36. The Balaban J connectivity index is 1.92. The lowest BCUT2D eigenvalue weighted by Crippen LogP contribution is -2.28. The Morgan fingerprint density at radius 2 is 1.56 bits per heavy atom.